The average Bonchev–Trinajstić information content (AvgIpc) is 2.43. The molecule has 0 bridgehead atoms. The van der Waals surface area contributed by atoms with Crippen LogP contribution in [-0.2, 0) is 18.6 Å². The van der Waals surface area contributed by atoms with E-state index in [9.17, 15) is 9.36 Å². The predicted molar refractivity (Wildman–Crippen MR) is 96.3 cm³/mol. The number of carbonyl (C=O) groups is 1. The van der Waals surface area contributed by atoms with Crippen LogP contribution < -0.4 is 0 Å². The van der Waals surface area contributed by atoms with Gasteiger partial charge in [0.1, 0.15) is 0 Å². The van der Waals surface area contributed by atoms with E-state index < -0.39 is 19.2 Å². The average molecular weight is 382 g/mol. The van der Waals surface area contributed by atoms with Crippen LogP contribution in [0.1, 0.15) is 72.6 Å². The molecule has 0 aliphatic heterocycles. The Morgan fingerprint density at radius 3 is 1.88 bits per heavy atom. The van der Waals surface area contributed by atoms with Crippen molar-refractivity contribution in [2.45, 2.75) is 72.6 Å². The van der Waals surface area contributed by atoms with Crippen molar-refractivity contribution in [3.8, 4) is 0 Å². The molecule has 0 aromatic rings. The highest BCUT2D eigenvalue weighted by atomic mass is 31.2. The van der Waals surface area contributed by atoms with Gasteiger partial charge in [-0.25, -0.2) is 4.57 Å². The Kier molecular flexibility index (Phi) is 11.1. The van der Waals surface area contributed by atoms with Gasteiger partial charge in [0, 0.05) is 13.2 Å². The topological polar surface area (TPSA) is 113 Å². The number of unbranched alkanes of at least 4 members (excludes halogenated alkanes) is 2. The van der Waals surface area contributed by atoms with Gasteiger partial charge in [0.05, 0.1) is 12.0 Å². The minimum Gasteiger partial charge on any atom is -0.481 e. The molecule has 7 nitrogen and oxygen atoms in total. The lowest BCUT2D eigenvalue weighted by atomic mass is 9.84. The first-order valence-corrected chi connectivity index (χ1v) is 10.4. The molecule has 0 unspecified atom stereocenters. The van der Waals surface area contributed by atoms with E-state index in [4.69, 9.17) is 19.6 Å². The fraction of sp³-hybridized carbons (Fsp3) is 0.941. The highest BCUT2D eigenvalue weighted by Crippen LogP contribution is 2.37. The summed E-state index contributed by atoms with van der Waals surface area (Å²) >= 11 is 0. The van der Waals surface area contributed by atoms with Gasteiger partial charge in [0.15, 0.2) is 0 Å². The molecule has 0 aromatic heterocycles. The number of rotatable bonds is 15. The normalized spacial score (nSPS) is 13.2. The number of aliphatic carboxylic acids is 1. The number of phosphoric ester groups is 1. The second-order valence-electron chi connectivity index (χ2n) is 7.95. The number of hydrogen-bond acceptors (Lipinski definition) is 4. The fourth-order valence-corrected chi connectivity index (χ4v) is 2.68. The molecule has 0 spiro atoms. The van der Waals surface area contributed by atoms with Gasteiger partial charge in [-0.3, -0.25) is 9.32 Å². The standard InChI is InChI=1S/C17H35O7P/c1-16(2,11-14-24-25(20,21)22)9-5-7-12-23-13-8-6-10-17(3,4)15(18)19/h5-14H2,1-4H3,(H,18,19)(H2,20,21,22). The molecule has 0 heterocycles. The molecule has 3 N–H and O–H groups in total. The molecule has 0 amide bonds. The zero-order valence-electron chi connectivity index (χ0n) is 16.0. The van der Waals surface area contributed by atoms with Crippen LogP contribution in [0.4, 0.5) is 0 Å². The summed E-state index contributed by atoms with van der Waals surface area (Å²) in [7, 11) is -4.37. The molecule has 8 heteroatoms. The molecule has 0 aromatic carbocycles. The van der Waals surface area contributed by atoms with Gasteiger partial charge < -0.3 is 19.6 Å². The number of carboxylic acids is 1. The summed E-state index contributed by atoms with van der Waals surface area (Å²) in [6.45, 7) is 8.97. The molecule has 0 atom stereocenters. The Bertz CT molecular complexity index is 429. The van der Waals surface area contributed by atoms with E-state index in [0.717, 1.165) is 32.1 Å². The van der Waals surface area contributed by atoms with Crippen molar-refractivity contribution < 1.29 is 33.5 Å². The minimum absolute atomic E-state index is 0.0302. The molecule has 0 aliphatic rings. The highest BCUT2D eigenvalue weighted by Gasteiger charge is 2.26. The maximum absolute atomic E-state index is 11.0. The van der Waals surface area contributed by atoms with Crippen LogP contribution in [0, 0.1) is 10.8 Å². The van der Waals surface area contributed by atoms with E-state index in [1.54, 1.807) is 13.8 Å². The Balaban J connectivity index is 3.60. The monoisotopic (exact) mass is 382 g/mol. The van der Waals surface area contributed by atoms with Gasteiger partial charge in [0.2, 0.25) is 0 Å². The number of hydrogen-bond donors (Lipinski definition) is 3. The van der Waals surface area contributed by atoms with Gasteiger partial charge in [-0.2, -0.15) is 0 Å². The first kappa shape index (κ1) is 24.5. The van der Waals surface area contributed by atoms with Crippen molar-refractivity contribution in [2.75, 3.05) is 19.8 Å². The quantitative estimate of drug-likeness (QED) is 0.290. The summed E-state index contributed by atoms with van der Waals surface area (Å²) in [6, 6.07) is 0. The second kappa shape index (κ2) is 11.3. The third-order valence-corrected chi connectivity index (χ3v) is 4.87. The summed E-state index contributed by atoms with van der Waals surface area (Å²) in [4.78, 5) is 28.3. The van der Waals surface area contributed by atoms with Crippen molar-refractivity contribution in [3.63, 3.8) is 0 Å². The molecule has 0 saturated carbocycles. The SMILES string of the molecule is CC(C)(CCCCOCCCCC(C)(C)C(=O)O)CCOP(=O)(O)O. The van der Waals surface area contributed by atoms with Crippen LogP contribution in [0.3, 0.4) is 0 Å². The molecule has 0 aliphatic carbocycles. The molecular weight excluding hydrogens is 347 g/mol. The van der Waals surface area contributed by atoms with Gasteiger partial charge in [-0.15, -0.1) is 0 Å². The summed E-state index contributed by atoms with van der Waals surface area (Å²) in [5, 5.41) is 9.02. The summed E-state index contributed by atoms with van der Waals surface area (Å²) < 4.78 is 20.7. The van der Waals surface area contributed by atoms with Crippen LogP contribution >= 0.6 is 7.82 Å². The lowest BCUT2D eigenvalue weighted by Gasteiger charge is -2.24. The molecular formula is C17H35O7P. The van der Waals surface area contributed by atoms with E-state index in [1.165, 1.54) is 0 Å². The Morgan fingerprint density at radius 1 is 0.880 bits per heavy atom. The van der Waals surface area contributed by atoms with Gasteiger partial charge in [-0.05, 0) is 51.4 Å². The Morgan fingerprint density at radius 2 is 1.40 bits per heavy atom. The maximum Gasteiger partial charge on any atom is 0.469 e. The van der Waals surface area contributed by atoms with Crippen molar-refractivity contribution in [2.24, 2.45) is 10.8 Å². The molecule has 0 rings (SSSR count). The van der Waals surface area contributed by atoms with Crippen molar-refractivity contribution in [1.29, 1.82) is 0 Å². The van der Waals surface area contributed by atoms with Crippen LogP contribution in [0.5, 0.6) is 0 Å². The summed E-state index contributed by atoms with van der Waals surface area (Å²) in [5.74, 6) is -0.762. The minimum atomic E-state index is -4.37. The first-order valence-electron chi connectivity index (χ1n) is 8.87. The second-order valence-corrected chi connectivity index (χ2v) is 9.19. The van der Waals surface area contributed by atoms with E-state index >= 15 is 0 Å². The summed E-state index contributed by atoms with van der Waals surface area (Å²) in [6.07, 6.45) is 5.80. The van der Waals surface area contributed by atoms with E-state index in [2.05, 4.69) is 18.4 Å². The number of ether oxygens (including phenoxy) is 1. The van der Waals surface area contributed by atoms with Gasteiger partial charge in [-0.1, -0.05) is 26.7 Å². The lowest BCUT2D eigenvalue weighted by Crippen LogP contribution is -2.23. The van der Waals surface area contributed by atoms with Gasteiger partial charge >= 0.3 is 13.8 Å². The van der Waals surface area contributed by atoms with E-state index in [-0.39, 0.29) is 12.0 Å². The van der Waals surface area contributed by atoms with Crippen LogP contribution in [0.15, 0.2) is 0 Å². The zero-order chi connectivity index (χ0) is 19.6. The third kappa shape index (κ3) is 14.4. The largest absolute Gasteiger partial charge is 0.481 e. The molecule has 0 saturated heterocycles. The Hall–Kier alpha value is -0.460. The molecule has 25 heavy (non-hydrogen) atoms. The highest BCUT2D eigenvalue weighted by molar-refractivity contribution is 7.46. The first-order chi connectivity index (χ1) is 11.4. The fourth-order valence-electron chi connectivity index (χ4n) is 2.35. The van der Waals surface area contributed by atoms with Crippen LogP contribution in [0.2, 0.25) is 0 Å². The van der Waals surface area contributed by atoms with Gasteiger partial charge in [0.25, 0.3) is 0 Å². The zero-order valence-corrected chi connectivity index (χ0v) is 16.9. The van der Waals surface area contributed by atoms with Crippen molar-refractivity contribution in [1.82, 2.24) is 0 Å². The number of phosphoric acid groups is 1. The van der Waals surface area contributed by atoms with Crippen molar-refractivity contribution in [3.05, 3.63) is 0 Å². The molecule has 0 fully saturated rings. The van der Waals surface area contributed by atoms with Crippen molar-refractivity contribution >= 4 is 13.8 Å². The molecule has 150 valence electrons. The third-order valence-electron chi connectivity index (χ3n) is 4.35. The number of carboxylic acid groups (broad SMARTS) is 1. The predicted octanol–water partition coefficient (Wildman–Crippen LogP) is 3.98. The summed E-state index contributed by atoms with van der Waals surface area (Å²) in [5.41, 5.74) is -0.702. The van der Waals surface area contributed by atoms with E-state index in [1.807, 2.05) is 0 Å². The lowest BCUT2D eigenvalue weighted by molar-refractivity contribution is -0.147. The Labute approximate surface area is 151 Å². The molecule has 0 radical (unpaired) electrons. The van der Waals surface area contributed by atoms with Crippen LogP contribution in [-0.4, -0.2) is 40.7 Å². The van der Waals surface area contributed by atoms with E-state index in [0.29, 0.717) is 26.1 Å². The maximum atomic E-state index is 11.0. The van der Waals surface area contributed by atoms with Crippen LogP contribution in [0.25, 0.3) is 0 Å². The smallest absolute Gasteiger partial charge is 0.469 e.